The number of amides is 1. The monoisotopic (exact) mass is 383 g/mol. The van der Waals surface area contributed by atoms with Crippen LogP contribution in [-0.2, 0) is 36.6 Å². The van der Waals surface area contributed by atoms with Crippen molar-refractivity contribution in [2.75, 3.05) is 46.0 Å². The van der Waals surface area contributed by atoms with Crippen LogP contribution in [0.2, 0.25) is 0 Å². The molecule has 2 aliphatic rings. The molecule has 3 rings (SSSR count). The average Bonchev–Trinajstić information content (AvgIpc) is 2.68. The Balaban J connectivity index is 1.63. The van der Waals surface area contributed by atoms with Crippen molar-refractivity contribution in [3.05, 3.63) is 35.4 Å². The highest BCUT2D eigenvalue weighted by atomic mass is 32.2. The van der Waals surface area contributed by atoms with Crippen LogP contribution < -0.4 is 10.6 Å². The molecule has 2 fully saturated rings. The first-order chi connectivity index (χ1) is 12.6. The van der Waals surface area contributed by atoms with Gasteiger partial charge in [-0.3, -0.25) is 4.79 Å². The number of carbonyl (C=O) groups is 1. The van der Waals surface area contributed by atoms with Crippen molar-refractivity contribution in [2.24, 2.45) is 0 Å². The fourth-order valence-corrected chi connectivity index (χ4v) is 4.58. The van der Waals surface area contributed by atoms with Crippen molar-refractivity contribution in [1.82, 2.24) is 14.9 Å². The van der Waals surface area contributed by atoms with Crippen LogP contribution in [0, 0.1) is 0 Å². The smallest absolute Gasteiger partial charge is 0.250 e. The van der Waals surface area contributed by atoms with Crippen LogP contribution in [-0.4, -0.2) is 70.7 Å². The number of ether oxygens (including phenoxy) is 2. The number of hydrogen-bond donors (Lipinski definition) is 2. The maximum Gasteiger partial charge on any atom is 0.250 e. The summed E-state index contributed by atoms with van der Waals surface area (Å²) in [4.78, 5) is 12.2. The second-order valence-corrected chi connectivity index (χ2v) is 8.29. The van der Waals surface area contributed by atoms with E-state index in [9.17, 15) is 13.2 Å². The van der Waals surface area contributed by atoms with Crippen molar-refractivity contribution in [3.63, 3.8) is 0 Å². The van der Waals surface area contributed by atoms with Crippen molar-refractivity contribution in [1.29, 1.82) is 0 Å². The Morgan fingerprint density at radius 3 is 2.62 bits per heavy atom. The topological polar surface area (TPSA) is 97.0 Å². The standard InChI is InChI=1S/C17H25N3O5S/c21-17(16-12-18-5-8-25-16)19-11-14-3-1-2-4-15(14)13-26(22,23)20-6-9-24-10-7-20/h1-4,16,18H,5-13H2,(H,19,21). The third-order valence-corrected chi connectivity index (χ3v) is 6.32. The molecule has 0 aliphatic carbocycles. The van der Waals surface area contributed by atoms with Crippen molar-refractivity contribution in [3.8, 4) is 0 Å². The van der Waals surface area contributed by atoms with E-state index in [0.29, 0.717) is 45.0 Å². The third kappa shape index (κ3) is 5.01. The molecule has 0 aromatic heterocycles. The average molecular weight is 383 g/mol. The lowest BCUT2D eigenvalue weighted by Gasteiger charge is -2.26. The molecule has 1 unspecified atom stereocenters. The molecule has 1 aromatic carbocycles. The van der Waals surface area contributed by atoms with Gasteiger partial charge < -0.3 is 20.1 Å². The predicted octanol–water partition coefficient (Wildman–Crippen LogP) is -0.547. The summed E-state index contributed by atoms with van der Waals surface area (Å²) in [5.41, 5.74) is 1.49. The Morgan fingerprint density at radius 2 is 1.92 bits per heavy atom. The molecule has 2 saturated heterocycles. The van der Waals surface area contributed by atoms with Gasteiger partial charge in [0.2, 0.25) is 10.0 Å². The SMILES string of the molecule is O=C(NCc1ccccc1CS(=O)(=O)N1CCOCC1)C1CNCCO1. The van der Waals surface area contributed by atoms with Gasteiger partial charge in [-0.1, -0.05) is 24.3 Å². The lowest BCUT2D eigenvalue weighted by molar-refractivity contribution is -0.134. The van der Waals surface area contributed by atoms with Gasteiger partial charge in [-0.2, -0.15) is 4.31 Å². The number of nitrogens with one attached hydrogen (secondary N) is 2. The first-order valence-electron chi connectivity index (χ1n) is 8.78. The van der Waals surface area contributed by atoms with E-state index >= 15 is 0 Å². The van der Waals surface area contributed by atoms with E-state index in [2.05, 4.69) is 10.6 Å². The van der Waals surface area contributed by atoms with E-state index < -0.39 is 16.1 Å². The Hall–Kier alpha value is -1.52. The number of morpholine rings is 2. The molecule has 0 radical (unpaired) electrons. The first-order valence-corrected chi connectivity index (χ1v) is 10.4. The van der Waals surface area contributed by atoms with E-state index in [4.69, 9.17) is 9.47 Å². The van der Waals surface area contributed by atoms with Crippen LogP contribution in [0.25, 0.3) is 0 Å². The van der Waals surface area contributed by atoms with Gasteiger partial charge in [0.05, 0.1) is 25.6 Å². The molecule has 144 valence electrons. The van der Waals surface area contributed by atoms with Gasteiger partial charge >= 0.3 is 0 Å². The number of benzene rings is 1. The van der Waals surface area contributed by atoms with E-state index in [1.807, 2.05) is 18.2 Å². The minimum absolute atomic E-state index is 0.0828. The normalized spacial score (nSPS) is 22.1. The Bertz CT molecular complexity index is 713. The first kappa shape index (κ1) is 19.2. The molecular weight excluding hydrogens is 358 g/mol. The van der Waals surface area contributed by atoms with E-state index in [1.54, 1.807) is 6.07 Å². The van der Waals surface area contributed by atoms with E-state index in [0.717, 1.165) is 12.1 Å². The van der Waals surface area contributed by atoms with Gasteiger partial charge in [-0.05, 0) is 11.1 Å². The van der Waals surface area contributed by atoms with Crippen molar-refractivity contribution in [2.45, 2.75) is 18.4 Å². The van der Waals surface area contributed by atoms with Crippen LogP contribution in [0.1, 0.15) is 11.1 Å². The fourth-order valence-electron chi connectivity index (χ4n) is 3.01. The maximum atomic E-state index is 12.6. The maximum absolute atomic E-state index is 12.6. The molecule has 9 heteroatoms. The highest BCUT2D eigenvalue weighted by Gasteiger charge is 2.26. The molecule has 8 nitrogen and oxygen atoms in total. The third-order valence-electron chi connectivity index (χ3n) is 4.49. The number of sulfonamides is 1. The summed E-state index contributed by atoms with van der Waals surface area (Å²) in [5, 5.41) is 5.95. The van der Waals surface area contributed by atoms with E-state index in [1.165, 1.54) is 4.31 Å². The molecule has 2 aliphatic heterocycles. The number of hydrogen-bond acceptors (Lipinski definition) is 6. The molecule has 1 amide bonds. The summed E-state index contributed by atoms with van der Waals surface area (Å²) in [6.07, 6.45) is -0.506. The molecular formula is C17H25N3O5S. The molecule has 2 heterocycles. The van der Waals surface area contributed by atoms with Gasteiger partial charge in [-0.15, -0.1) is 0 Å². The number of rotatable bonds is 6. The van der Waals surface area contributed by atoms with Gasteiger partial charge in [-0.25, -0.2) is 8.42 Å². The molecule has 26 heavy (non-hydrogen) atoms. The van der Waals surface area contributed by atoms with Crippen LogP contribution >= 0.6 is 0 Å². The Kier molecular flexibility index (Phi) is 6.60. The minimum atomic E-state index is -3.41. The molecule has 2 N–H and O–H groups in total. The summed E-state index contributed by atoms with van der Waals surface area (Å²) in [7, 11) is -3.41. The highest BCUT2D eigenvalue weighted by Crippen LogP contribution is 2.16. The summed E-state index contributed by atoms with van der Waals surface area (Å²) in [5.74, 6) is -0.274. The quantitative estimate of drug-likeness (QED) is 0.684. The lowest BCUT2D eigenvalue weighted by atomic mass is 10.1. The van der Waals surface area contributed by atoms with Gasteiger partial charge in [0.25, 0.3) is 5.91 Å². The van der Waals surface area contributed by atoms with Gasteiger partial charge in [0, 0.05) is 32.7 Å². The summed E-state index contributed by atoms with van der Waals surface area (Å²) < 4.78 is 37.4. The zero-order chi connectivity index (χ0) is 18.4. The summed E-state index contributed by atoms with van der Waals surface area (Å²) >= 11 is 0. The molecule has 1 atom stereocenters. The molecule has 1 aromatic rings. The molecule has 0 bridgehead atoms. The zero-order valence-electron chi connectivity index (χ0n) is 14.6. The lowest BCUT2D eigenvalue weighted by Crippen LogP contribution is -2.47. The second-order valence-electron chi connectivity index (χ2n) is 6.32. The minimum Gasteiger partial charge on any atom is -0.379 e. The van der Waals surface area contributed by atoms with E-state index in [-0.39, 0.29) is 18.2 Å². The van der Waals surface area contributed by atoms with Crippen LogP contribution in [0.5, 0.6) is 0 Å². The summed E-state index contributed by atoms with van der Waals surface area (Å²) in [6, 6.07) is 7.28. The summed E-state index contributed by atoms with van der Waals surface area (Å²) in [6.45, 7) is 3.62. The molecule has 0 saturated carbocycles. The van der Waals surface area contributed by atoms with Crippen molar-refractivity contribution >= 4 is 15.9 Å². The predicted molar refractivity (Wildman–Crippen MR) is 95.9 cm³/mol. The van der Waals surface area contributed by atoms with Gasteiger partial charge in [0.1, 0.15) is 6.10 Å². The van der Waals surface area contributed by atoms with Crippen LogP contribution in [0.3, 0.4) is 0 Å². The Morgan fingerprint density at radius 1 is 1.19 bits per heavy atom. The Labute approximate surface area is 153 Å². The zero-order valence-corrected chi connectivity index (χ0v) is 15.5. The van der Waals surface area contributed by atoms with Crippen LogP contribution in [0.4, 0.5) is 0 Å². The largest absolute Gasteiger partial charge is 0.379 e. The number of nitrogens with zero attached hydrogens (tertiary/aromatic N) is 1. The van der Waals surface area contributed by atoms with Gasteiger partial charge in [0.15, 0.2) is 0 Å². The van der Waals surface area contributed by atoms with Crippen LogP contribution in [0.15, 0.2) is 24.3 Å². The fraction of sp³-hybridized carbons (Fsp3) is 0.588. The highest BCUT2D eigenvalue weighted by molar-refractivity contribution is 7.88. The van der Waals surface area contributed by atoms with Crippen molar-refractivity contribution < 1.29 is 22.7 Å². The molecule has 0 spiro atoms. The second kappa shape index (κ2) is 8.92. The number of carbonyl (C=O) groups excluding carboxylic acids is 1.